The molecule has 1 aromatic heterocycles. The molecule has 0 bridgehead atoms. The van der Waals surface area contributed by atoms with Gasteiger partial charge in [0.25, 0.3) is 0 Å². The van der Waals surface area contributed by atoms with Crippen LogP contribution in [0.4, 0.5) is 23.9 Å². The van der Waals surface area contributed by atoms with E-state index in [4.69, 9.17) is 5.73 Å². The van der Waals surface area contributed by atoms with Crippen molar-refractivity contribution in [1.82, 2.24) is 0 Å². The summed E-state index contributed by atoms with van der Waals surface area (Å²) in [6.07, 6.45) is 0.694. The number of aliphatic imine (C=N–C) groups is 1. The lowest BCUT2D eigenvalue weighted by Gasteiger charge is -2.31. The molecule has 4 rings (SSSR count). The number of nitrogens with two attached hydrogens (primary N) is 1. The Balaban J connectivity index is 1.93. The number of benzene rings is 2. The van der Waals surface area contributed by atoms with Crippen LogP contribution in [0.15, 0.2) is 47.5 Å². The highest BCUT2D eigenvalue weighted by Crippen LogP contribution is 2.52. The number of hydrogen-bond donors (Lipinski definition) is 1. The first-order valence-corrected chi connectivity index (χ1v) is 11.4. The van der Waals surface area contributed by atoms with Crippen LogP contribution in [0.2, 0.25) is 0 Å². The molecule has 3 aromatic rings. The topological polar surface area (TPSA) is 72.5 Å². The van der Waals surface area contributed by atoms with Gasteiger partial charge in [0, 0.05) is 29.2 Å². The number of ketones is 2. The first-order valence-electron chi connectivity index (χ1n) is 10.5. The van der Waals surface area contributed by atoms with E-state index in [1.807, 2.05) is 6.92 Å². The van der Waals surface area contributed by atoms with Crippen molar-refractivity contribution in [3.63, 3.8) is 0 Å². The number of nitrogens with zero attached hydrogens (tertiary/aromatic N) is 1. The molecular weight excluding hydrogens is 449 g/mol. The Morgan fingerprint density at radius 2 is 1.76 bits per heavy atom. The Bertz CT molecular complexity index is 1300. The third kappa shape index (κ3) is 3.88. The number of carbonyl (C=O) groups is 2. The van der Waals surface area contributed by atoms with Gasteiger partial charge in [-0.1, -0.05) is 32.0 Å². The third-order valence-electron chi connectivity index (χ3n) is 5.90. The summed E-state index contributed by atoms with van der Waals surface area (Å²) in [7, 11) is 0. The molecule has 2 unspecified atom stereocenters. The largest absolute Gasteiger partial charge is 0.397 e. The summed E-state index contributed by atoms with van der Waals surface area (Å²) in [5, 5.41) is 0.420. The second-order valence-electron chi connectivity index (χ2n) is 7.78. The van der Waals surface area contributed by atoms with Crippen molar-refractivity contribution >= 4 is 39.3 Å². The second kappa shape index (κ2) is 8.94. The molecular formula is C25H21F3N2O2S. The van der Waals surface area contributed by atoms with Crippen LogP contribution >= 0.6 is 11.3 Å². The molecule has 8 heteroatoms. The minimum atomic E-state index is -1.15. The fourth-order valence-corrected chi connectivity index (χ4v) is 5.41. The van der Waals surface area contributed by atoms with Crippen LogP contribution in [0.5, 0.6) is 0 Å². The standard InChI is InChI=1S/C25H21F3N2O2S/c1-3-17-20(18(31)4-2)19(13-7-5-6-8-14(13)26)21-22(29)24(33-25(21)30-17)23(32)12-9-10-15(27)16(28)11-12/h5-11,19-20H,3-4,29H2,1-2H3. The zero-order valence-corrected chi connectivity index (χ0v) is 18.8. The Morgan fingerprint density at radius 3 is 2.39 bits per heavy atom. The molecule has 0 saturated heterocycles. The number of anilines is 1. The smallest absolute Gasteiger partial charge is 0.205 e. The van der Waals surface area contributed by atoms with Crippen LogP contribution in [0.1, 0.15) is 59.0 Å². The van der Waals surface area contributed by atoms with E-state index in [1.165, 1.54) is 12.1 Å². The van der Waals surface area contributed by atoms with E-state index in [0.29, 0.717) is 28.3 Å². The zero-order chi connectivity index (χ0) is 23.9. The molecule has 33 heavy (non-hydrogen) atoms. The van der Waals surface area contributed by atoms with Crippen molar-refractivity contribution in [1.29, 1.82) is 0 Å². The van der Waals surface area contributed by atoms with Gasteiger partial charge in [-0.05, 0) is 36.2 Å². The molecule has 2 atom stereocenters. The van der Waals surface area contributed by atoms with Gasteiger partial charge in [0.1, 0.15) is 21.5 Å². The van der Waals surface area contributed by atoms with E-state index in [2.05, 4.69) is 4.99 Å². The highest BCUT2D eigenvalue weighted by Gasteiger charge is 2.42. The molecule has 1 aliphatic rings. The summed E-state index contributed by atoms with van der Waals surface area (Å²) in [5.74, 6) is -4.86. The summed E-state index contributed by atoms with van der Waals surface area (Å²) in [5.41, 5.74) is 7.73. The number of rotatable bonds is 6. The fourth-order valence-electron chi connectivity index (χ4n) is 4.28. The maximum absolute atomic E-state index is 15.0. The van der Waals surface area contributed by atoms with E-state index < -0.39 is 35.1 Å². The molecule has 2 heterocycles. The lowest BCUT2D eigenvalue weighted by molar-refractivity contribution is -0.121. The minimum Gasteiger partial charge on any atom is -0.397 e. The predicted molar refractivity (Wildman–Crippen MR) is 123 cm³/mol. The number of halogens is 3. The van der Waals surface area contributed by atoms with Gasteiger partial charge in [-0.25, -0.2) is 18.2 Å². The highest BCUT2D eigenvalue weighted by molar-refractivity contribution is 7.18. The van der Waals surface area contributed by atoms with Gasteiger partial charge in [-0.2, -0.15) is 0 Å². The zero-order valence-electron chi connectivity index (χ0n) is 18.0. The minimum absolute atomic E-state index is 0.0671. The van der Waals surface area contributed by atoms with Crippen LogP contribution in [0.25, 0.3) is 0 Å². The first kappa shape index (κ1) is 22.9. The molecule has 1 aliphatic heterocycles. The van der Waals surface area contributed by atoms with Crippen molar-refractivity contribution < 1.29 is 22.8 Å². The van der Waals surface area contributed by atoms with E-state index in [9.17, 15) is 22.8 Å². The summed E-state index contributed by atoms with van der Waals surface area (Å²) in [6.45, 7) is 3.60. The highest BCUT2D eigenvalue weighted by atomic mass is 32.1. The SMILES string of the molecule is CCC(=O)C1C(CC)=Nc2sc(C(=O)c3ccc(F)c(F)c3)c(N)c2C1c1ccccc1F. The molecule has 2 aromatic carbocycles. The van der Waals surface area contributed by atoms with Gasteiger partial charge in [0.05, 0.1) is 11.6 Å². The fraction of sp³-hybridized carbons (Fsp3) is 0.240. The van der Waals surface area contributed by atoms with Gasteiger partial charge in [0.2, 0.25) is 5.78 Å². The Labute approximate surface area is 193 Å². The molecule has 0 amide bonds. The van der Waals surface area contributed by atoms with E-state index >= 15 is 0 Å². The maximum Gasteiger partial charge on any atom is 0.205 e. The number of carbonyl (C=O) groups excluding carboxylic acids is 2. The average Bonchev–Trinajstić information content (AvgIpc) is 3.15. The summed E-state index contributed by atoms with van der Waals surface area (Å²) in [6, 6.07) is 9.02. The summed E-state index contributed by atoms with van der Waals surface area (Å²) >= 11 is 1.01. The summed E-state index contributed by atoms with van der Waals surface area (Å²) < 4.78 is 42.0. The number of hydrogen-bond acceptors (Lipinski definition) is 5. The number of nitrogen functional groups attached to an aromatic ring is 1. The molecule has 0 spiro atoms. The second-order valence-corrected chi connectivity index (χ2v) is 8.77. The van der Waals surface area contributed by atoms with Crippen LogP contribution < -0.4 is 5.73 Å². The molecule has 2 N–H and O–H groups in total. The van der Waals surface area contributed by atoms with Crippen LogP contribution in [0, 0.1) is 23.4 Å². The maximum atomic E-state index is 15.0. The number of Topliss-reactive ketones (excluding diaryl/α,β-unsaturated/α-hetero) is 1. The van der Waals surface area contributed by atoms with Crippen molar-refractivity contribution in [3.05, 3.63) is 81.5 Å². The molecule has 170 valence electrons. The molecule has 4 nitrogen and oxygen atoms in total. The lowest BCUT2D eigenvalue weighted by atomic mass is 9.73. The molecule has 0 aliphatic carbocycles. The summed E-state index contributed by atoms with van der Waals surface area (Å²) in [4.78, 5) is 30.9. The van der Waals surface area contributed by atoms with Crippen LogP contribution in [0.3, 0.4) is 0 Å². The van der Waals surface area contributed by atoms with Crippen molar-refractivity contribution in [2.24, 2.45) is 10.9 Å². The Hall–Kier alpha value is -3.26. The first-order chi connectivity index (χ1) is 15.8. The number of thiophene rings is 1. The predicted octanol–water partition coefficient (Wildman–Crippen LogP) is 6.20. The van der Waals surface area contributed by atoms with Crippen LogP contribution in [-0.2, 0) is 4.79 Å². The Morgan fingerprint density at radius 1 is 1.03 bits per heavy atom. The van der Waals surface area contributed by atoms with Gasteiger partial charge < -0.3 is 5.73 Å². The monoisotopic (exact) mass is 470 g/mol. The van der Waals surface area contributed by atoms with Gasteiger partial charge in [-0.3, -0.25) is 9.59 Å². The van der Waals surface area contributed by atoms with Crippen LogP contribution in [-0.4, -0.2) is 17.3 Å². The van der Waals surface area contributed by atoms with Crippen molar-refractivity contribution in [2.75, 3.05) is 5.73 Å². The van der Waals surface area contributed by atoms with Crippen molar-refractivity contribution in [2.45, 2.75) is 32.6 Å². The lowest BCUT2D eigenvalue weighted by Crippen LogP contribution is -2.33. The van der Waals surface area contributed by atoms with E-state index in [-0.39, 0.29) is 28.3 Å². The third-order valence-corrected chi connectivity index (χ3v) is 7.01. The quantitative estimate of drug-likeness (QED) is 0.436. The normalized spacial score (nSPS) is 17.4. The molecule has 0 saturated carbocycles. The molecule has 0 radical (unpaired) electrons. The number of fused-ring (bicyclic) bond motifs is 1. The van der Waals surface area contributed by atoms with E-state index in [0.717, 1.165) is 23.5 Å². The van der Waals surface area contributed by atoms with Crippen molar-refractivity contribution in [3.8, 4) is 0 Å². The van der Waals surface area contributed by atoms with Gasteiger partial charge in [-0.15, -0.1) is 11.3 Å². The average molecular weight is 471 g/mol. The molecule has 0 fully saturated rings. The Kier molecular flexibility index (Phi) is 6.21. The van der Waals surface area contributed by atoms with Gasteiger partial charge >= 0.3 is 0 Å². The van der Waals surface area contributed by atoms with E-state index in [1.54, 1.807) is 25.1 Å². The van der Waals surface area contributed by atoms with Gasteiger partial charge in [0.15, 0.2) is 11.6 Å².